The second kappa shape index (κ2) is 6.48. The lowest BCUT2D eigenvalue weighted by Crippen LogP contribution is -2.29. The number of hydrogen-bond acceptors (Lipinski definition) is 3. The van der Waals surface area contributed by atoms with Crippen LogP contribution in [0.1, 0.15) is 5.56 Å². The molecule has 1 aliphatic rings. The fraction of sp³-hybridized carbons (Fsp3) is 0.294. The van der Waals surface area contributed by atoms with Crippen molar-refractivity contribution in [2.45, 2.75) is 18.8 Å². The van der Waals surface area contributed by atoms with Gasteiger partial charge >= 0.3 is 0 Å². The lowest BCUT2D eigenvalue weighted by atomic mass is 10.2. The van der Waals surface area contributed by atoms with E-state index in [1.807, 2.05) is 30.3 Å². The quantitative estimate of drug-likeness (QED) is 0.942. The molecule has 110 valence electrons. The van der Waals surface area contributed by atoms with Gasteiger partial charge in [0.1, 0.15) is 18.0 Å². The second-order valence-corrected chi connectivity index (χ2v) is 5.79. The van der Waals surface area contributed by atoms with E-state index < -0.39 is 6.10 Å². The molecule has 0 radical (unpaired) electrons. The Bertz CT molecular complexity index is 573. The zero-order valence-corrected chi connectivity index (χ0v) is 12.4. The number of likely N-dealkylation sites (tertiary alicyclic amines) is 1. The molecule has 1 N–H and O–H groups in total. The van der Waals surface area contributed by atoms with Crippen LogP contribution in [0.4, 0.5) is 0 Å². The minimum atomic E-state index is -0.468. The first-order valence-electron chi connectivity index (χ1n) is 7.07. The van der Waals surface area contributed by atoms with Crippen LogP contribution in [-0.4, -0.2) is 35.3 Å². The zero-order valence-electron chi connectivity index (χ0n) is 11.7. The second-order valence-electron chi connectivity index (χ2n) is 5.36. The fourth-order valence-corrected chi connectivity index (χ4v) is 2.73. The van der Waals surface area contributed by atoms with Crippen LogP contribution in [0.5, 0.6) is 5.75 Å². The maximum absolute atomic E-state index is 10.2. The van der Waals surface area contributed by atoms with Gasteiger partial charge in [0.15, 0.2) is 0 Å². The predicted octanol–water partition coefficient (Wildman–Crippen LogP) is 2.96. The summed E-state index contributed by atoms with van der Waals surface area (Å²) in [5.41, 5.74) is 1.25. The van der Waals surface area contributed by atoms with Crippen molar-refractivity contribution in [2.75, 3.05) is 13.1 Å². The largest absolute Gasteiger partial charge is 0.486 e. The van der Waals surface area contributed by atoms with Gasteiger partial charge in [0, 0.05) is 24.7 Å². The van der Waals surface area contributed by atoms with Crippen LogP contribution < -0.4 is 4.74 Å². The highest BCUT2D eigenvalue weighted by Crippen LogP contribution is 2.22. The van der Waals surface area contributed by atoms with E-state index >= 15 is 0 Å². The monoisotopic (exact) mass is 303 g/mol. The number of nitrogens with zero attached hydrogens (tertiary/aromatic N) is 1. The molecule has 21 heavy (non-hydrogen) atoms. The molecule has 0 spiro atoms. The van der Waals surface area contributed by atoms with E-state index in [1.165, 1.54) is 5.56 Å². The molecule has 1 aliphatic heterocycles. The van der Waals surface area contributed by atoms with Gasteiger partial charge in [-0.25, -0.2) is 0 Å². The van der Waals surface area contributed by atoms with Crippen molar-refractivity contribution >= 4 is 11.6 Å². The number of aliphatic hydroxyl groups is 1. The normalized spacial score (nSPS) is 22.4. The van der Waals surface area contributed by atoms with E-state index in [4.69, 9.17) is 16.3 Å². The maximum atomic E-state index is 10.2. The molecule has 1 heterocycles. The summed E-state index contributed by atoms with van der Waals surface area (Å²) < 4.78 is 5.86. The van der Waals surface area contributed by atoms with E-state index in [-0.39, 0.29) is 6.10 Å². The van der Waals surface area contributed by atoms with Gasteiger partial charge < -0.3 is 9.84 Å². The molecule has 3 nitrogen and oxygen atoms in total. The highest BCUT2D eigenvalue weighted by atomic mass is 35.5. The highest BCUT2D eigenvalue weighted by molar-refractivity contribution is 6.30. The number of halogens is 1. The van der Waals surface area contributed by atoms with Crippen LogP contribution in [0, 0.1) is 0 Å². The van der Waals surface area contributed by atoms with Gasteiger partial charge in [-0.2, -0.15) is 0 Å². The SMILES string of the molecule is O[C@@H]1CN(Cc2ccccc2)C[C@H]1Oc1ccc(Cl)cc1. The Morgan fingerprint density at radius 2 is 1.76 bits per heavy atom. The summed E-state index contributed by atoms with van der Waals surface area (Å²) in [6.07, 6.45) is -0.667. The Balaban J connectivity index is 1.59. The van der Waals surface area contributed by atoms with Gasteiger partial charge in [-0.05, 0) is 29.8 Å². The third kappa shape index (κ3) is 3.76. The van der Waals surface area contributed by atoms with E-state index in [0.29, 0.717) is 11.6 Å². The molecule has 1 saturated heterocycles. The molecular formula is C17H18ClNO2. The Morgan fingerprint density at radius 1 is 1.05 bits per heavy atom. The smallest absolute Gasteiger partial charge is 0.138 e. The van der Waals surface area contributed by atoms with E-state index in [9.17, 15) is 5.11 Å². The zero-order chi connectivity index (χ0) is 14.7. The lowest BCUT2D eigenvalue weighted by molar-refractivity contribution is 0.0737. The van der Waals surface area contributed by atoms with Crippen molar-refractivity contribution < 1.29 is 9.84 Å². The van der Waals surface area contributed by atoms with E-state index in [2.05, 4.69) is 17.0 Å². The van der Waals surface area contributed by atoms with Gasteiger partial charge in [0.2, 0.25) is 0 Å². The molecule has 0 saturated carbocycles. The topological polar surface area (TPSA) is 32.7 Å². The van der Waals surface area contributed by atoms with Crippen molar-refractivity contribution in [2.24, 2.45) is 0 Å². The predicted molar refractivity (Wildman–Crippen MR) is 83.6 cm³/mol. The summed E-state index contributed by atoms with van der Waals surface area (Å²) >= 11 is 5.86. The van der Waals surface area contributed by atoms with Crippen LogP contribution in [0.2, 0.25) is 5.02 Å². The Kier molecular flexibility index (Phi) is 4.44. The average Bonchev–Trinajstić information content (AvgIpc) is 2.82. The van der Waals surface area contributed by atoms with Crippen LogP contribution in [-0.2, 0) is 6.54 Å². The highest BCUT2D eigenvalue weighted by Gasteiger charge is 2.32. The molecule has 0 bridgehead atoms. The maximum Gasteiger partial charge on any atom is 0.138 e. The van der Waals surface area contributed by atoms with Crippen molar-refractivity contribution in [1.82, 2.24) is 4.90 Å². The van der Waals surface area contributed by atoms with Crippen LogP contribution >= 0.6 is 11.6 Å². The first-order chi connectivity index (χ1) is 10.2. The summed E-state index contributed by atoms with van der Waals surface area (Å²) in [5, 5.41) is 10.8. The minimum Gasteiger partial charge on any atom is -0.486 e. The summed E-state index contributed by atoms with van der Waals surface area (Å²) in [6, 6.07) is 17.5. The first kappa shape index (κ1) is 14.4. The third-order valence-electron chi connectivity index (χ3n) is 3.66. The molecule has 0 aliphatic carbocycles. The number of aliphatic hydroxyl groups excluding tert-OH is 1. The van der Waals surface area contributed by atoms with E-state index in [1.54, 1.807) is 12.1 Å². The summed E-state index contributed by atoms with van der Waals surface area (Å²) in [4.78, 5) is 2.21. The van der Waals surface area contributed by atoms with E-state index in [0.717, 1.165) is 18.8 Å². The summed E-state index contributed by atoms with van der Waals surface area (Å²) in [7, 11) is 0. The number of ether oxygens (including phenoxy) is 1. The average molecular weight is 304 g/mol. The third-order valence-corrected chi connectivity index (χ3v) is 3.91. The van der Waals surface area contributed by atoms with Gasteiger partial charge in [-0.1, -0.05) is 41.9 Å². The molecule has 4 heteroatoms. The van der Waals surface area contributed by atoms with Crippen LogP contribution in [0.25, 0.3) is 0 Å². The van der Waals surface area contributed by atoms with Gasteiger partial charge in [0.25, 0.3) is 0 Å². The Hall–Kier alpha value is -1.55. The molecule has 2 atom stereocenters. The molecule has 0 amide bonds. The van der Waals surface area contributed by atoms with Gasteiger partial charge in [-0.3, -0.25) is 4.90 Å². The van der Waals surface area contributed by atoms with Crippen molar-refractivity contribution in [3.05, 3.63) is 65.2 Å². The van der Waals surface area contributed by atoms with Crippen LogP contribution in [0.15, 0.2) is 54.6 Å². The van der Waals surface area contributed by atoms with Crippen molar-refractivity contribution in [3.8, 4) is 5.75 Å². The molecule has 1 fully saturated rings. The Morgan fingerprint density at radius 3 is 2.48 bits per heavy atom. The number of hydrogen-bond donors (Lipinski definition) is 1. The standard InChI is InChI=1S/C17H18ClNO2/c18-14-6-8-15(9-7-14)21-17-12-19(11-16(17)20)10-13-4-2-1-3-5-13/h1-9,16-17,20H,10-12H2/t16-,17-/m1/s1. The van der Waals surface area contributed by atoms with Gasteiger partial charge in [0.05, 0.1) is 0 Å². The van der Waals surface area contributed by atoms with Crippen LogP contribution in [0.3, 0.4) is 0 Å². The van der Waals surface area contributed by atoms with Crippen molar-refractivity contribution in [3.63, 3.8) is 0 Å². The fourth-order valence-electron chi connectivity index (χ4n) is 2.61. The number of rotatable bonds is 4. The molecular weight excluding hydrogens is 286 g/mol. The molecule has 2 aromatic rings. The summed E-state index contributed by atoms with van der Waals surface area (Å²) in [5.74, 6) is 0.741. The number of benzene rings is 2. The minimum absolute atomic E-state index is 0.199. The summed E-state index contributed by atoms with van der Waals surface area (Å²) in [6.45, 7) is 2.18. The number of β-amino-alcohol motifs (C(OH)–C–C–N with tert-alkyl or cyclic N) is 1. The molecule has 0 unspecified atom stereocenters. The van der Waals surface area contributed by atoms with Crippen molar-refractivity contribution in [1.29, 1.82) is 0 Å². The Labute approximate surface area is 129 Å². The molecule has 0 aromatic heterocycles. The molecule has 3 rings (SSSR count). The first-order valence-corrected chi connectivity index (χ1v) is 7.45. The molecule has 2 aromatic carbocycles. The van der Waals surface area contributed by atoms with Gasteiger partial charge in [-0.15, -0.1) is 0 Å². The lowest BCUT2D eigenvalue weighted by Gasteiger charge is -2.17.